The number of aromatic nitrogens is 1. The molecular formula is C11H8FNOS. The Balaban J connectivity index is 2.47. The molecule has 0 amide bonds. The number of carbonyl (C=O) groups is 1. The van der Waals surface area contributed by atoms with Crippen molar-refractivity contribution in [3.63, 3.8) is 0 Å². The van der Waals surface area contributed by atoms with Gasteiger partial charge in [0.05, 0.1) is 5.51 Å². The molecule has 0 spiro atoms. The van der Waals surface area contributed by atoms with E-state index in [4.69, 9.17) is 0 Å². The number of carbonyl (C=O) groups excluding carboxylic acids is 1. The summed E-state index contributed by atoms with van der Waals surface area (Å²) < 4.78 is 13.2. The Hall–Kier alpha value is -1.55. The average Bonchev–Trinajstić information content (AvgIpc) is 2.74. The zero-order chi connectivity index (χ0) is 10.8. The quantitative estimate of drug-likeness (QED) is 0.730. The van der Waals surface area contributed by atoms with E-state index in [-0.39, 0.29) is 11.6 Å². The molecule has 0 aliphatic carbocycles. The van der Waals surface area contributed by atoms with Crippen LogP contribution in [0.15, 0.2) is 29.1 Å². The Morgan fingerprint density at radius 1 is 1.47 bits per heavy atom. The van der Waals surface area contributed by atoms with Crippen LogP contribution in [0.2, 0.25) is 0 Å². The summed E-state index contributed by atoms with van der Waals surface area (Å²) in [5, 5.41) is 1.66. The Labute approximate surface area is 90.4 Å². The van der Waals surface area contributed by atoms with Gasteiger partial charge >= 0.3 is 0 Å². The van der Waals surface area contributed by atoms with Crippen molar-refractivity contribution in [1.82, 2.24) is 4.98 Å². The number of nitrogens with zero attached hydrogens (tertiary/aromatic N) is 1. The largest absolute Gasteiger partial charge is 0.287 e. The number of ketones is 1. The number of thiazole rings is 1. The summed E-state index contributed by atoms with van der Waals surface area (Å²) in [7, 11) is 0. The second kappa shape index (κ2) is 3.90. The van der Waals surface area contributed by atoms with Gasteiger partial charge in [0.25, 0.3) is 0 Å². The summed E-state index contributed by atoms with van der Waals surface area (Å²) in [6.07, 6.45) is 0. The fourth-order valence-corrected chi connectivity index (χ4v) is 1.85. The Morgan fingerprint density at radius 2 is 2.27 bits per heavy atom. The first-order chi connectivity index (χ1) is 7.20. The minimum Gasteiger partial charge on any atom is -0.287 e. The molecule has 0 aliphatic heterocycles. The highest BCUT2D eigenvalue weighted by Gasteiger charge is 2.14. The van der Waals surface area contributed by atoms with Gasteiger partial charge in [-0.2, -0.15) is 0 Å². The molecule has 1 aromatic heterocycles. The Bertz CT molecular complexity index is 493. The molecule has 0 fully saturated rings. The molecule has 0 radical (unpaired) electrons. The predicted octanol–water partition coefficient (Wildman–Crippen LogP) is 2.82. The Morgan fingerprint density at radius 3 is 2.93 bits per heavy atom. The van der Waals surface area contributed by atoms with Crippen LogP contribution in [-0.4, -0.2) is 10.8 Å². The molecule has 0 unspecified atom stereocenters. The van der Waals surface area contributed by atoms with Crippen LogP contribution in [0.3, 0.4) is 0 Å². The molecule has 2 nitrogen and oxygen atoms in total. The molecule has 76 valence electrons. The van der Waals surface area contributed by atoms with Crippen molar-refractivity contribution in [2.45, 2.75) is 6.92 Å². The van der Waals surface area contributed by atoms with Crippen LogP contribution < -0.4 is 0 Å². The van der Waals surface area contributed by atoms with E-state index in [1.165, 1.54) is 23.5 Å². The molecule has 2 rings (SSSR count). The van der Waals surface area contributed by atoms with E-state index in [1.54, 1.807) is 23.9 Å². The van der Waals surface area contributed by atoms with Crippen LogP contribution in [0.25, 0.3) is 0 Å². The molecule has 0 N–H and O–H groups in total. The third-order valence-electron chi connectivity index (χ3n) is 2.18. The molecule has 1 aromatic carbocycles. The van der Waals surface area contributed by atoms with Gasteiger partial charge in [-0.25, -0.2) is 9.37 Å². The van der Waals surface area contributed by atoms with E-state index in [9.17, 15) is 9.18 Å². The molecule has 1 heterocycles. The fourth-order valence-electron chi connectivity index (χ4n) is 1.32. The summed E-state index contributed by atoms with van der Waals surface area (Å²) >= 11 is 1.35. The zero-order valence-corrected chi connectivity index (χ0v) is 8.84. The lowest BCUT2D eigenvalue weighted by atomic mass is 10.0. The molecular weight excluding hydrogens is 213 g/mol. The summed E-state index contributed by atoms with van der Waals surface area (Å²) in [4.78, 5) is 15.8. The second-order valence-electron chi connectivity index (χ2n) is 3.12. The van der Waals surface area contributed by atoms with E-state index in [2.05, 4.69) is 4.98 Å². The monoisotopic (exact) mass is 221 g/mol. The number of benzene rings is 1. The highest BCUT2D eigenvalue weighted by atomic mass is 32.1. The van der Waals surface area contributed by atoms with Crippen molar-refractivity contribution in [3.8, 4) is 0 Å². The van der Waals surface area contributed by atoms with Crippen LogP contribution >= 0.6 is 11.3 Å². The standard InChI is InChI=1S/C11H8FNOS/c1-7-8(3-2-4-9(7)12)11(14)10-5-15-6-13-10/h2-6H,1H3. The van der Waals surface area contributed by atoms with Gasteiger partial charge in [-0.1, -0.05) is 12.1 Å². The minimum absolute atomic E-state index is 0.228. The van der Waals surface area contributed by atoms with Gasteiger partial charge in [0.15, 0.2) is 0 Å². The molecule has 0 saturated carbocycles. The molecule has 0 atom stereocenters. The second-order valence-corrected chi connectivity index (χ2v) is 3.83. The minimum atomic E-state index is -0.365. The van der Waals surface area contributed by atoms with Crippen molar-refractivity contribution < 1.29 is 9.18 Å². The first kappa shape index (κ1) is 9.98. The van der Waals surface area contributed by atoms with Gasteiger partial charge in [0.1, 0.15) is 11.5 Å². The predicted molar refractivity (Wildman–Crippen MR) is 56.7 cm³/mol. The molecule has 4 heteroatoms. The maximum absolute atomic E-state index is 13.2. The van der Waals surface area contributed by atoms with Crippen molar-refractivity contribution in [2.75, 3.05) is 0 Å². The van der Waals surface area contributed by atoms with E-state index < -0.39 is 0 Å². The fraction of sp³-hybridized carbons (Fsp3) is 0.0909. The van der Waals surface area contributed by atoms with Gasteiger partial charge in [0.2, 0.25) is 5.78 Å². The lowest BCUT2D eigenvalue weighted by Gasteiger charge is -2.03. The van der Waals surface area contributed by atoms with Crippen LogP contribution in [0.4, 0.5) is 4.39 Å². The van der Waals surface area contributed by atoms with Crippen molar-refractivity contribution >= 4 is 17.1 Å². The van der Waals surface area contributed by atoms with E-state index in [0.29, 0.717) is 16.8 Å². The maximum atomic E-state index is 13.2. The molecule has 0 bridgehead atoms. The maximum Gasteiger partial charge on any atom is 0.212 e. The van der Waals surface area contributed by atoms with Gasteiger partial charge < -0.3 is 0 Å². The average molecular weight is 221 g/mol. The SMILES string of the molecule is Cc1c(F)cccc1C(=O)c1cscn1. The van der Waals surface area contributed by atoms with Crippen LogP contribution in [0, 0.1) is 12.7 Å². The van der Waals surface area contributed by atoms with Gasteiger partial charge in [0, 0.05) is 10.9 Å². The number of rotatable bonds is 2. The Kier molecular flexibility index (Phi) is 2.60. The van der Waals surface area contributed by atoms with Gasteiger partial charge in [-0.3, -0.25) is 4.79 Å². The van der Waals surface area contributed by atoms with Crippen LogP contribution in [0.5, 0.6) is 0 Å². The lowest BCUT2D eigenvalue weighted by Crippen LogP contribution is -2.05. The van der Waals surface area contributed by atoms with E-state index >= 15 is 0 Å². The van der Waals surface area contributed by atoms with Crippen LogP contribution in [0.1, 0.15) is 21.6 Å². The number of hydrogen-bond acceptors (Lipinski definition) is 3. The first-order valence-corrected chi connectivity index (χ1v) is 5.32. The smallest absolute Gasteiger partial charge is 0.212 e. The summed E-state index contributed by atoms with van der Waals surface area (Å²) in [5.41, 5.74) is 2.70. The lowest BCUT2D eigenvalue weighted by molar-refractivity contribution is 0.103. The summed E-state index contributed by atoms with van der Waals surface area (Å²) in [5.74, 6) is -0.593. The third kappa shape index (κ3) is 1.80. The molecule has 15 heavy (non-hydrogen) atoms. The molecule has 0 aliphatic rings. The highest BCUT2D eigenvalue weighted by molar-refractivity contribution is 7.07. The molecule has 0 saturated heterocycles. The zero-order valence-electron chi connectivity index (χ0n) is 8.03. The van der Waals surface area contributed by atoms with E-state index in [0.717, 1.165) is 0 Å². The van der Waals surface area contributed by atoms with Crippen LogP contribution in [-0.2, 0) is 0 Å². The topological polar surface area (TPSA) is 30.0 Å². The number of hydrogen-bond donors (Lipinski definition) is 0. The molecule has 2 aromatic rings. The van der Waals surface area contributed by atoms with E-state index in [1.807, 2.05) is 0 Å². The summed E-state index contributed by atoms with van der Waals surface area (Å²) in [6, 6.07) is 4.48. The van der Waals surface area contributed by atoms with Gasteiger partial charge in [-0.05, 0) is 18.6 Å². The number of halogens is 1. The first-order valence-electron chi connectivity index (χ1n) is 4.38. The van der Waals surface area contributed by atoms with Crippen molar-refractivity contribution in [3.05, 3.63) is 51.7 Å². The third-order valence-corrected chi connectivity index (χ3v) is 2.76. The van der Waals surface area contributed by atoms with Gasteiger partial charge in [-0.15, -0.1) is 11.3 Å². The van der Waals surface area contributed by atoms with Crippen molar-refractivity contribution in [1.29, 1.82) is 0 Å². The highest BCUT2D eigenvalue weighted by Crippen LogP contribution is 2.16. The van der Waals surface area contributed by atoms with Crippen molar-refractivity contribution in [2.24, 2.45) is 0 Å². The normalized spacial score (nSPS) is 10.3. The summed E-state index contributed by atoms with van der Waals surface area (Å²) in [6.45, 7) is 1.59.